The van der Waals surface area contributed by atoms with Gasteiger partial charge in [0.05, 0.1) is 9.90 Å². The fourth-order valence-electron chi connectivity index (χ4n) is 2.08. The van der Waals surface area contributed by atoms with Crippen LogP contribution < -0.4 is 11.1 Å². The van der Waals surface area contributed by atoms with Gasteiger partial charge in [-0.25, -0.2) is 9.18 Å². The van der Waals surface area contributed by atoms with E-state index in [2.05, 4.69) is 11.1 Å². The third-order valence-corrected chi connectivity index (χ3v) is 4.12. The Morgan fingerprint density at radius 2 is 2.04 bits per heavy atom. The van der Waals surface area contributed by atoms with Gasteiger partial charge < -0.3 is 16.2 Å². The van der Waals surface area contributed by atoms with E-state index in [9.17, 15) is 14.0 Å². The lowest BCUT2D eigenvalue weighted by Gasteiger charge is -2.06. The second kappa shape index (κ2) is 6.76. The van der Waals surface area contributed by atoms with Gasteiger partial charge in [0, 0.05) is 5.69 Å². The summed E-state index contributed by atoms with van der Waals surface area (Å²) in [6, 6.07) is 5.84. The number of benzene rings is 1. The van der Waals surface area contributed by atoms with Gasteiger partial charge in [0.25, 0.3) is 0 Å². The molecular formula is C14H10ClFN2O4S. The van der Waals surface area contributed by atoms with Crippen LogP contribution in [0.25, 0.3) is 0 Å². The fourth-order valence-corrected chi connectivity index (χ4v) is 2.94. The van der Waals surface area contributed by atoms with Crippen molar-refractivity contribution in [2.24, 2.45) is 5.73 Å². The standard InChI is InChI=1S/C13H7ClFNO2S.CH3NO2/c14-7-5-9-6(4-8(7)15)11(13(18)16-9)12(17)10-2-1-3-19-10;2-1(3)4/h1-5,11H,(H,16,18);2H2,(H,3,4). The lowest BCUT2D eigenvalue weighted by atomic mass is 9.95. The first kappa shape index (κ1) is 16.9. The molecule has 1 unspecified atom stereocenters. The molecule has 120 valence electrons. The number of ketones is 1. The zero-order chi connectivity index (χ0) is 17.1. The van der Waals surface area contributed by atoms with E-state index in [1.54, 1.807) is 17.5 Å². The van der Waals surface area contributed by atoms with Crippen LogP contribution in [0.3, 0.4) is 0 Å². The molecule has 2 heterocycles. The molecule has 1 aromatic carbocycles. The summed E-state index contributed by atoms with van der Waals surface area (Å²) >= 11 is 6.91. The van der Waals surface area contributed by atoms with Crippen molar-refractivity contribution < 1.29 is 23.9 Å². The first-order valence-electron chi connectivity index (χ1n) is 6.17. The topological polar surface area (TPSA) is 109 Å². The molecule has 6 nitrogen and oxygen atoms in total. The molecule has 1 atom stereocenters. The second-order valence-corrected chi connectivity index (χ2v) is 5.81. The molecule has 0 spiro atoms. The van der Waals surface area contributed by atoms with Crippen LogP contribution in [0, 0.1) is 5.82 Å². The summed E-state index contributed by atoms with van der Waals surface area (Å²) in [7, 11) is 0. The Balaban J connectivity index is 0.000000433. The highest BCUT2D eigenvalue weighted by molar-refractivity contribution is 7.12. The van der Waals surface area contributed by atoms with Crippen LogP contribution in [0.5, 0.6) is 0 Å². The molecule has 4 N–H and O–H groups in total. The zero-order valence-corrected chi connectivity index (χ0v) is 13.0. The Bertz CT molecular complexity index is 775. The quantitative estimate of drug-likeness (QED) is 0.567. The van der Waals surface area contributed by atoms with E-state index >= 15 is 0 Å². The number of halogens is 2. The number of carboxylic acid groups (broad SMARTS) is 1. The SMILES string of the molecule is NC(=O)O.O=C1Nc2cc(Cl)c(F)cc2C1C(=O)c1cccs1. The number of fused-ring (bicyclic) bond motifs is 1. The predicted octanol–water partition coefficient (Wildman–Crippen LogP) is 3.08. The van der Waals surface area contributed by atoms with Crippen LogP contribution in [0.15, 0.2) is 29.6 Å². The highest BCUT2D eigenvalue weighted by Crippen LogP contribution is 2.38. The maximum absolute atomic E-state index is 13.5. The number of rotatable bonds is 2. The summed E-state index contributed by atoms with van der Waals surface area (Å²) < 4.78 is 13.5. The van der Waals surface area contributed by atoms with E-state index in [4.69, 9.17) is 21.5 Å². The third kappa shape index (κ3) is 3.66. The number of thiophene rings is 1. The number of carbonyl (C=O) groups excluding carboxylic acids is 2. The molecule has 2 amide bonds. The number of Topliss-reactive ketones (excluding diaryl/α,β-unsaturated/α-hetero) is 1. The molecule has 2 aromatic rings. The summed E-state index contributed by atoms with van der Waals surface area (Å²) in [5.41, 5.74) is 4.76. The number of carbonyl (C=O) groups is 3. The first-order valence-corrected chi connectivity index (χ1v) is 7.43. The summed E-state index contributed by atoms with van der Waals surface area (Å²) in [5.74, 6) is -2.41. The molecule has 0 saturated heterocycles. The fraction of sp³-hybridized carbons (Fsp3) is 0.0714. The van der Waals surface area contributed by atoms with E-state index in [0.717, 1.165) is 6.07 Å². The molecule has 3 rings (SSSR count). The lowest BCUT2D eigenvalue weighted by Crippen LogP contribution is -2.20. The molecule has 23 heavy (non-hydrogen) atoms. The number of anilines is 1. The minimum Gasteiger partial charge on any atom is -0.465 e. The molecular weight excluding hydrogens is 347 g/mol. The smallest absolute Gasteiger partial charge is 0.402 e. The average molecular weight is 357 g/mol. The first-order chi connectivity index (χ1) is 10.8. The minimum absolute atomic E-state index is 0.0803. The Morgan fingerprint density at radius 3 is 2.61 bits per heavy atom. The Kier molecular flexibility index (Phi) is 4.97. The molecule has 1 aliphatic rings. The largest absolute Gasteiger partial charge is 0.465 e. The van der Waals surface area contributed by atoms with E-state index in [1.807, 2.05) is 0 Å². The van der Waals surface area contributed by atoms with Crippen LogP contribution in [-0.4, -0.2) is 22.9 Å². The van der Waals surface area contributed by atoms with Crippen molar-refractivity contribution >= 4 is 46.4 Å². The normalized spacial score (nSPS) is 15.2. The van der Waals surface area contributed by atoms with E-state index < -0.39 is 23.7 Å². The number of hydrogen-bond acceptors (Lipinski definition) is 4. The summed E-state index contributed by atoms with van der Waals surface area (Å²) in [5, 5.41) is 11.4. The van der Waals surface area contributed by atoms with Crippen molar-refractivity contribution in [2.45, 2.75) is 5.92 Å². The summed E-state index contributed by atoms with van der Waals surface area (Å²) in [4.78, 5) is 33.4. The number of amides is 2. The second-order valence-electron chi connectivity index (χ2n) is 4.46. The summed E-state index contributed by atoms with van der Waals surface area (Å²) in [6.07, 6.45) is -1.33. The lowest BCUT2D eigenvalue weighted by molar-refractivity contribution is -0.116. The maximum Gasteiger partial charge on any atom is 0.402 e. The molecule has 0 fully saturated rings. The van der Waals surface area contributed by atoms with Gasteiger partial charge in [-0.05, 0) is 29.1 Å². The number of nitrogens with one attached hydrogen (secondary N) is 1. The molecule has 0 bridgehead atoms. The van der Waals surface area contributed by atoms with Crippen LogP contribution in [0.1, 0.15) is 21.2 Å². The van der Waals surface area contributed by atoms with Crippen molar-refractivity contribution in [1.82, 2.24) is 0 Å². The third-order valence-electron chi connectivity index (χ3n) is 2.95. The molecule has 9 heteroatoms. The minimum atomic E-state index is -1.33. The van der Waals surface area contributed by atoms with Crippen molar-refractivity contribution in [2.75, 3.05) is 5.32 Å². The number of primary amides is 1. The van der Waals surface area contributed by atoms with Gasteiger partial charge in [0.15, 0.2) is 5.78 Å². The van der Waals surface area contributed by atoms with Crippen LogP contribution in [0.4, 0.5) is 14.9 Å². The van der Waals surface area contributed by atoms with E-state index in [1.165, 1.54) is 17.4 Å². The van der Waals surface area contributed by atoms with Gasteiger partial charge in [-0.15, -0.1) is 11.3 Å². The molecule has 0 aliphatic carbocycles. The van der Waals surface area contributed by atoms with Gasteiger partial charge in [-0.3, -0.25) is 9.59 Å². The van der Waals surface area contributed by atoms with Crippen LogP contribution in [0.2, 0.25) is 5.02 Å². The summed E-state index contributed by atoms with van der Waals surface area (Å²) in [6.45, 7) is 0. The van der Waals surface area contributed by atoms with Gasteiger partial charge in [-0.1, -0.05) is 17.7 Å². The predicted molar refractivity (Wildman–Crippen MR) is 83.6 cm³/mol. The van der Waals surface area contributed by atoms with E-state index in [-0.39, 0.29) is 10.8 Å². The Morgan fingerprint density at radius 1 is 1.39 bits per heavy atom. The van der Waals surface area contributed by atoms with Crippen molar-refractivity contribution in [3.63, 3.8) is 0 Å². The van der Waals surface area contributed by atoms with Crippen LogP contribution >= 0.6 is 22.9 Å². The highest BCUT2D eigenvalue weighted by Gasteiger charge is 2.38. The van der Waals surface area contributed by atoms with Crippen molar-refractivity contribution in [3.8, 4) is 0 Å². The van der Waals surface area contributed by atoms with E-state index in [0.29, 0.717) is 16.1 Å². The molecule has 0 saturated carbocycles. The van der Waals surface area contributed by atoms with Crippen molar-refractivity contribution in [1.29, 1.82) is 0 Å². The van der Waals surface area contributed by atoms with Gasteiger partial charge in [0.2, 0.25) is 5.91 Å². The molecule has 1 aliphatic heterocycles. The number of hydrogen-bond donors (Lipinski definition) is 3. The Labute approximate surface area is 138 Å². The number of nitrogens with two attached hydrogens (primary N) is 1. The highest BCUT2D eigenvalue weighted by atomic mass is 35.5. The van der Waals surface area contributed by atoms with Crippen molar-refractivity contribution in [3.05, 3.63) is 50.9 Å². The van der Waals surface area contributed by atoms with Gasteiger partial charge in [0.1, 0.15) is 11.7 Å². The van der Waals surface area contributed by atoms with Gasteiger partial charge in [-0.2, -0.15) is 0 Å². The Hall–Kier alpha value is -2.45. The average Bonchev–Trinajstić information content (AvgIpc) is 3.06. The molecule has 1 aromatic heterocycles. The molecule has 0 radical (unpaired) electrons. The van der Waals surface area contributed by atoms with Crippen LogP contribution in [-0.2, 0) is 4.79 Å². The maximum atomic E-state index is 13.5. The zero-order valence-electron chi connectivity index (χ0n) is 11.4. The van der Waals surface area contributed by atoms with Gasteiger partial charge >= 0.3 is 6.09 Å². The monoisotopic (exact) mass is 356 g/mol.